The molecule has 0 spiro atoms. The van der Waals surface area contributed by atoms with E-state index in [-0.39, 0.29) is 44.6 Å². The van der Waals surface area contributed by atoms with Gasteiger partial charge >= 0.3 is 6.18 Å². The van der Waals surface area contributed by atoms with Crippen molar-refractivity contribution in [3.05, 3.63) is 135 Å². The summed E-state index contributed by atoms with van der Waals surface area (Å²) in [5, 5.41) is -1.36. The van der Waals surface area contributed by atoms with Gasteiger partial charge in [-0.3, -0.25) is 9.59 Å². The Morgan fingerprint density at radius 3 is 2.35 bits per heavy atom. The number of ether oxygens (including phenoxy) is 1. The smallest absolute Gasteiger partial charge is 0.383 e. The van der Waals surface area contributed by atoms with Crippen LogP contribution in [-0.4, -0.2) is 59.6 Å². The van der Waals surface area contributed by atoms with Gasteiger partial charge in [-0.15, -0.1) is 11.8 Å². The molecule has 6 rings (SSSR count). The lowest BCUT2D eigenvalue weighted by Crippen LogP contribution is -2.48. The lowest BCUT2D eigenvalue weighted by Gasteiger charge is -2.39. The van der Waals surface area contributed by atoms with Crippen LogP contribution in [0.3, 0.4) is 0 Å². The number of nitrogens with zero attached hydrogens (tertiary/aromatic N) is 3. The number of amides is 1. The van der Waals surface area contributed by atoms with Crippen molar-refractivity contribution >= 4 is 28.6 Å². The summed E-state index contributed by atoms with van der Waals surface area (Å²) in [4.78, 5) is 31.8. The van der Waals surface area contributed by atoms with Crippen LogP contribution in [0.2, 0.25) is 0 Å². The maximum absolute atomic E-state index is 15.0. The molecule has 1 amide bonds. The van der Waals surface area contributed by atoms with Gasteiger partial charge in [-0.25, -0.2) is 8.78 Å². The molecular formula is C40H38F5N3O3S. The van der Waals surface area contributed by atoms with Gasteiger partial charge in [0.2, 0.25) is 5.91 Å². The molecule has 1 aromatic heterocycles. The van der Waals surface area contributed by atoms with Crippen LogP contribution in [0.15, 0.2) is 107 Å². The number of para-hydroxylation sites is 1. The zero-order valence-electron chi connectivity index (χ0n) is 36.7. The average molecular weight is 745 g/mol. The van der Waals surface area contributed by atoms with Crippen molar-refractivity contribution in [2.75, 3.05) is 33.3 Å². The van der Waals surface area contributed by atoms with Crippen molar-refractivity contribution in [3.63, 3.8) is 0 Å². The number of aromatic nitrogens is 1. The van der Waals surface area contributed by atoms with Gasteiger partial charge in [0.05, 0.1) is 35.0 Å². The van der Waals surface area contributed by atoms with Crippen LogP contribution >= 0.6 is 11.8 Å². The lowest BCUT2D eigenvalue weighted by molar-refractivity contribution is -0.137. The number of pyridine rings is 1. The van der Waals surface area contributed by atoms with Gasteiger partial charge in [0, 0.05) is 62.1 Å². The van der Waals surface area contributed by atoms with Crippen molar-refractivity contribution in [2.24, 2.45) is 0 Å². The summed E-state index contributed by atoms with van der Waals surface area (Å²) < 4.78 is 152. The Morgan fingerprint density at radius 1 is 1.00 bits per heavy atom. The Morgan fingerprint density at radius 2 is 1.67 bits per heavy atom. The second kappa shape index (κ2) is 16.4. The van der Waals surface area contributed by atoms with Gasteiger partial charge in [0.15, 0.2) is 17.1 Å². The Hall–Kier alpha value is -4.52. The molecule has 272 valence electrons. The molecule has 0 N–H and O–H groups in total. The first-order valence-electron chi connectivity index (χ1n) is 20.6. The summed E-state index contributed by atoms with van der Waals surface area (Å²) in [5.41, 5.74) is -1.54. The number of benzene rings is 4. The van der Waals surface area contributed by atoms with Gasteiger partial charge in [0.25, 0.3) is 0 Å². The first kappa shape index (κ1) is 27.1. The van der Waals surface area contributed by atoms with Crippen LogP contribution in [0.25, 0.3) is 22.0 Å². The highest BCUT2D eigenvalue weighted by Crippen LogP contribution is 2.32. The largest absolute Gasteiger partial charge is 0.416 e. The fourth-order valence-corrected chi connectivity index (χ4v) is 6.84. The van der Waals surface area contributed by atoms with Crippen LogP contribution in [-0.2, 0) is 34.5 Å². The van der Waals surface area contributed by atoms with Crippen LogP contribution in [0, 0.1) is 11.6 Å². The van der Waals surface area contributed by atoms with Gasteiger partial charge < -0.3 is 19.1 Å². The minimum atomic E-state index is -4.53. The first-order chi connectivity index (χ1) is 28.6. The maximum atomic E-state index is 15.0. The van der Waals surface area contributed by atoms with E-state index >= 15 is 4.79 Å². The number of hydrogen-bond acceptors (Lipinski definition) is 5. The Bertz CT molecular complexity index is 2520. The second-order valence-electron chi connectivity index (χ2n) is 12.0. The Balaban J connectivity index is 1.46. The van der Waals surface area contributed by atoms with Crippen LogP contribution in [0.4, 0.5) is 22.0 Å². The number of hydrogen-bond donors (Lipinski definition) is 0. The van der Waals surface area contributed by atoms with E-state index in [1.807, 2.05) is 0 Å². The minimum Gasteiger partial charge on any atom is -0.383 e. The quantitative estimate of drug-likeness (QED) is 0.0950. The monoisotopic (exact) mass is 744 g/mol. The van der Waals surface area contributed by atoms with E-state index in [2.05, 4.69) is 0 Å². The number of piperidine rings is 1. The molecular weight excluding hydrogens is 698 g/mol. The molecule has 1 fully saturated rings. The van der Waals surface area contributed by atoms with Crippen molar-refractivity contribution in [1.29, 1.82) is 0 Å². The predicted octanol–water partition coefficient (Wildman–Crippen LogP) is 8.40. The van der Waals surface area contributed by atoms with Crippen LogP contribution < -0.4 is 5.43 Å². The van der Waals surface area contributed by atoms with E-state index in [1.54, 1.807) is 29.2 Å². The number of methoxy groups -OCH3 is 1. The summed E-state index contributed by atoms with van der Waals surface area (Å²) in [6, 6.07) is 9.09. The first-order valence-corrected chi connectivity index (χ1v) is 17.1. The van der Waals surface area contributed by atoms with E-state index in [4.69, 9.17) is 14.3 Å². The normalized spacial score (nSPS) is 17.2. The van der Waals surface area contributed by atoms with Gasteiger partial charge in [-0.2, -0.15) is 13.2 Å². The number of halogens is 5. The number of alkyl halides is 3. The third-order valence-electron chi connectivity index (χ3n) is 8.69. The summed E-state index contributed by atoms with van der Waals surface area (Å²) in [6.45, 7) is -5.17. The topological polar surface area (TPSA) is 54.8 Å². The molecule has 0 saturated carbocycles. The number of thioether (sulfide) groups is 1. The maximum Gasteiger partial charge on any atom is 0.416 e. The van der Waals surface area contributed by atoms with Crippen molar-refractivity contribution < 1.29 is 43.8 Å². The van der Waals surface area contributed by atoms with E-state index < -0.39 is 106 Å². The van der Waals surface area contributed by atoms with Gasteiger partial charge in [0.1, 0.15) is 6.50 Å². The molecule has 1 saturated heterocycles. The zero-order valence-corrected chi connectivity index (χ0v) is 28.6. The summed E-state index contributed by atoms with van der Waals surface area (Å²) in [7, 11) is 1.22. The second-order valence-corrected chi connectivity index (χ2v) is 13.0. The number of rotatable bonds is 12. The molecule has 1 aliphatic heterocycles. The van der Waals surface area contributed by atoms with Gasteiger partial charge in [-0.05, 0) is 59.8 Å². The molecule has 0 radical (unpaired) electrons. The molecule has 2 heterocycles. The SMILES string of the molecule is [2H]c1c([2H])c([2H])c2c(c1[2H])c(=O)c([2H])c(SCc1cccc(F)c1F)n2C([2H])([2H])C(=O)N(Cc1ccc(-c2ccc(C(F)(F)F)cc2)cc1)C1CCN(CC([2H])([2H])OC)CC1. The lowest BCUT2D eigenvalue weighted by atomic mass is 10.00. The molecule has 1 aliphatic rings. The zero-order chi connectivity index (χ0) is 44.8. The van der Waals surface area contributed by atoms with E-state index in [1.165, 1.54) is 36.3 Å². The highest BCUT2D eigenvalue weighted by molar-refractivity contribution is 7.98. The molecule has 4 aromatic carbocycles. The van der Waals surface area contributed by atoms with E-state index in [0.29, 0.717) is 33.0 Å². The standard InChI is InChI=1S/C40H38F5N3O3S/c1-51-22-21-46-19-17-32(18-20-46)47(24-27-9-11-28(12-10-27)29-13-15-31(16-14-29)40(43,44)45)37(50)25-48-35-8-3-2-6-33(35)36(49)23-38(48)52-26-30-5-4-7-34(41)39(30)42/h2-16,23,32H,17-22,24-26H2,1H3/i2D,3D,6D,8D,22D2,23D,25D2. The molecule has 52 heavy (non-hydrogen) atoms. The molecule has 5 aromatic rings. The van der Waals surface area contributed by atoms with Crippen LogP contribution in [0.1, 0.15) is 41.9 Å². The fourth-order valence-electron chi connectivity index (χ4n) is 5.89. The highest BCUT2D eigenvalue weighted by atomic mass is 32.2. The summed E-state index contributed by atoms with van der Waals surface area (Å²) in [6.07, 6.45) is -4.11. The molecule has 0 bridgehead atoms. The number of fused-ring (bicyclic) bond motifs is 1. The molecule has 0 aliphatic carbocycles. The Labute approximate surface area is 315 Å². The molecule has 12 heteroatoms. The van der Waals surface area contributed by atoms with E-state index in [0.717, 1.165) is 18.2 Å². The van der Waals surface area contributed by atoms with Crippen molar-refractivity contribution in [2.45, 2.75) is 48.9 Å². The Kier molecular flexibility index (Phi) is 8.58. The minimum absolute atomic E-state index is 0.103. The van der Waals surface area contributed by atoms with Crippen LogP contribution in [0.5, 0.6) is 0 Å². The third kappa shape index (κ3) is 8.74. The molecule has 6 nitrogen and oxygen atoms in total. The van der Waals surface area contributed by atoms with Crippen molar-refractivity contribution in [1.82, 2.24) is 14.4 Å². The summed E-state index contributed by atoms with van der Waals surface area (Å²) in [5.74, 6) is -4.19. The number of carbonyl (C=O) groups is 1. The van der Waals surface area contributed by atoms with Crippen molar-refractivity contribution in [3.8, 4) is 11.1 Å². The number of carbonyl (C=O) groups excluding carboxylic acids is 1. The van der Waals surface area contributed by atoms with E-state index in [9.17, 15) is 29.5 Å². The number of likely N-dealkylation sites (tertiary alicyclic amines) is 1. The van der Waals surface area contributed by atoms with Gasteiger partial charge in [-0.1, -0.05) is 60.6 Å². The third-order valence-corrected chi connectivity index (χ3v) is 9.70. The average Bonchev–Trinajstić information content (AvgIpc) is 3.22. The molecule has 0 unspecified atom stereocenters. The predicted molar refractivity (Wildman–Crippen MR) is 193 cm³/mol. The molecule has 0 atom stereocenters. The highest BCUT2D eigenvalue weighted by Gasteiger charge is 2.31. The fraction of sp³-hybridized carbons (Fsp3) is 0.300. The summed E-state index contributed by atoms with van der Waals surface area (Å²) >= 11 is 0.497.